The first kappa shape index (κ1) is 11.5. The fraction of sp³-hybridized carbons (Fsp3) is 0.909. The van der Waals surface area contributed by atoms with Crippen LogP contribution in [0.1, 0.15) is 40.0 Å². The molecule has 0 aromatic rings. The van der Waals surface area contributed by atoms with Gasteiger partial charge >= 0.3 is 5.97 Å². The molecule has 3 nitrogen and oxygen atoms in total. The first-order valence-corrected chi connectivity index (χ1v) is 5.34. The topological polar surface area (TPSA) is 49.3 Å². The van der Waals surface area contributed by atoms with Gasteiger partial charge in [-0.05, 0) is 30.7 Å². The average Bonchev–Trinajstić information content (AvgIpc) is 2.32. The second-order valence-corrected chi connectivity index (χ2v) is 5.47. The summed E-state index contributed by atoms with van der Waals surface area (Å²) in [4.78, 5) is 10.6. The molecule has 1 heterocycles. The summed E-state index contributed by atoms with van der Waals surface area (Å²) >= 11 is 0. The van der Waals surface area contributed by atoms with E-state index in [0.29, 0.717) is 18.4 Å². The van der Waals surface area contributed by atoms with Crippen molar-refractivity contribution in [1.29, 1.82) is 0 Å². The quantitative estimate of drug-likeness (QED) is 0.729. The van der Waals surface area contributed by atoms with E-state index in [-0.39, 0.29) is 5.41 Å². The van der Waals surface area contributed by atoms with Crippen LogP contribution in [0.5, 0.6) is 0 Å². The van der Waals surface area contributed by atoms with Gasteiger partial charge in [0, 0.05) is 12.5 Å². The third-order valence-electron chi connectivity index (χ3n) is 2.76. The van der Waals surface area contributed by atoms with Gasteiger partial charge in [-0.2, -0.15) is 0 Å². The van der Waals surface area contributed by atoms with E-state index in [1.165, 1.54) is 0 Å². The fourth-order valence-corrected chi connectivity index (χ4v) is 2.19. The van der Waals surface area contributed by atoms with Crippen LogP contribution >= 0.6 is 0 Å². The molecule has 82 valence electrons. The third-order valence-corrected chi connectivity index (χ3v) is 2.76. The Balaban J connectivity index is 2.47. The first-order valence-electron chi connectivity index (χ1n) is 5.34. The van der Waals surface area contributed by atoms with Crippen molar-refractivity contribution in [2.24, 2.45) is 11.3 Å². The van der Waals surface area contributed by atoms with Crippen LogP contribution in [0, 0.1) is 11.3 Å². The van der Waals surface area contributed by atoms with E-state index >= 15 is 0 Å². The molecule has 0 radical (unpaired) electrons. The standard InChI is InChI=1S/C11H21NO2/c1-11(2,3)7-9-8(4-5-12-9)6-10(13)14/h8-9,12H,4-7H2,1-3H3,(H,13,14). The van der Waals surface area contributed by atoms with Crippen molar-refractivity contribution in [1.82, 2.24) is 5.32 Å². The Morgan fingerprint density at radius 3 is 2.64 bits per heavy atom. The molecule has 1 saturated heterocycles. The van der Waals surface area contributed by atoms with E-state index in [2.05, 4.69) is 26.1 Å². The maximum absolute atomic E-state index is 10.6. The lowest BCUT2D eigenvalue weighted by molar-refractivity contribution is -0.138. The lowest BCUT2D eigenvalue weighted by Gasteiger charge is -2.26. The SMILES string of the molecule is CC(C)(C)CC1NCCC1CC(=O)O. The van der Waals surface area contributed by atoms with Gasteiger partial charge in [0.05, 0.1) is 0 Å². The lowest BCUT2D eigenvalue weighted by atomic mass is 9.83. The molecule has 14 heavy (non-hydrogen) atoms. The van der Waals surface area contributed by atoms with Crippen LogP contribution < -0.4 is 5.32 Å². The predicted octanol–water partition coefficient (Wildman–Crippen LogP) is 1.88. The monoisotopic (exact) mass is 199 g/mol. The number of carboxylic acid groups (broad SMARTS) is 1. The Morgan fingerprint density at radius 2 is 2.14 bits per heavy atom. The van der Waals surface area contributed by atoms with E-state index in [1.54, 1.807) is 0 Å². The zero-order valence-corrected chi connectivity index (χ0v) is 9.34. The number of nitrogens with one attached hydrogen (secondary N) is 1. The normalized spacial score (nSPS) is 27.9. The highest BCUT2D eigenvalue weighted by molar-refractivity contribution is 5.67. The third kappa shape index (κ3) is 3.66. The van der Waals surface area contributed by atoms with E-state index in [4.69, 9.17) is 5.11 Å². The van der Waals surface area contributed by atoms with Crippen LogP contribution in [0.3, 0.4) is 0 Å². The highest BCUT2D eigenvalue weighted by atomic mass is 16.4. The minimum Gasteiger partial charge on any atom is -0.481 e. The van der Waals surface area contributed by atoms with Gasteiger partial charge in [0.1, 0.15) is 0 Å². The van der Waals surface area contributed by atoms with Crippen LogP contribution in [0.15, 0.2) is 0 Å². The Bertz CT molecular complexity index is 208. The molecule has 0 aliphatic carbocycles. The van der Waals surface area contributed by atoms with E-state index in [0.717, 1.165) is 19.4 Å². The minimum absolute atomic E-state index is 0.277. The molecule has 0 bridgehead atoms. The first-order chi connectivity index (χ1) is 6.38. The average molecular weight is 199 g/mol. The molecule has 0 amide bonds. The summed E-state index contributed by atoms with van der Waals surface area (Å²) in [7, 11) is 0. The zero-order chi connectivity index (χ0) is 10.8. The van der Waals surface area contributed by atoms with Crippen molar-refractivity contribution in [3.8, 4) is 0 Å². The molecule has 1 aliphatic rings. The molecule has 2 unspecified atom stereocenters. The molecule has 3 heteroatoms. The molecule has 1 aliphatic heterocycles. The summed E-state index contributed by atoms with van der Waals surface area (Å²) in [6.45, 7) is 7.57. The van der Waals surface area contributed by atoms with Crippen LogP contribution in [0.25, 0.3) is 0 Å². The Morgan fingerprint density at radius 1 is 1.50 bits per heavy atom. The summed E-state index contributed by atoms with van der Waals surface area (Å²) in [5, 5.41) is 12.2. The van der Waals surface area contributed by atoms with Crippen molar-refractivity contribution in [2.45, 2.75) is 46.1 Å². The molecular weight excluding hydrogens is 178 g/mol. The van der Waals surface area contributed by atoms with Crippen molar-refractivity contribution < 1.29 is 9.90 Å². The van der Waals surface area contributed by atoms with Gasteiger partial charge in [-0.15, -0.1) is 0 Å². The van der Waals surface area contributed by atoms with Gasteiger partial charge in [0.2, 0.25) is 0 Å². The lowest BCUT2D eigenvalue weighted by Crippen LogP contribution is -2.32. The van der Waals surface area contributed by atoms with Gasteiger partial charge in [-0.1, -0.05) is 20.8 Å². The smallest absolute Gasteiger partial charge is 0.303 e. The van der Waals surface area contributed by atoms with Gasteiger partial charge in [-0.3, -0.25) is 4.79 Å². The van der Waals surface area contributed by atoms with Crippen molar-refractivity contribution in [3.63, 3.8) is 0 Å². The molecule has 0 saturated carbocycles. The molecule has 0 aromatic carbocycles. The second kappa shape index (κ2) is 4.30. The van der Waals surface area contributed by atoms with Gasteiger partial charge < -0.3 is 10.4 Å². The molecule has 0 aromatic heterocycles. The van der Waals surface area contributed by atoms with E-state index < -0.39 is 5.97 Å². The molecule has 2 N–H and O–H groups in total. The van der Waals surface area contributed by atoms with E-state index in [1.807, 2.05) is 0 Å². The van der Waals surface area contributed by atoms with E-state index in [9.17, 15) is 4.79 Å². The number of hydrogen-bond donors (Lipinski definition) is 2. The molecule has 1 rings (SSSR count). The highest BCUT2D eigenvalue weighted by Gasteiger charge is 2.31. The molecule has 1 fully saturated rings. The summed E-state index contributed by atoms with van der Waals surface area (Å²) in [5.41, 5.74) is 0.277. The maximum Gasteiger partial charge on any atom is 0.303 e. The summed E-state index contributed by atoms with van der Waals surface area (Å²) in [6.07, 6.45) is 2.38. The van der Waals surface area contributed by atoms with Crippen LogP contribution in [0.2, 0.25) is 0 Å². The fourth-order valence-electron chi connectivity index (χ4n) is 2.19. The molecule has 2 atom stereocenters. The van der Waals surface area contributed by atoms with Gasteiger partial charge in [-0.25, -0.2) is 0 Å². The highest BCUT2D eigenvalue weighted by Crippen LogP contribution is 2.29. The van der Waals surface area contributed by atoms with Crippen molar-refractivity contribution in [2.75, 3.05) is 6.54 Å². The number of carbonyl (C=O) groups is 1. The minimum atomic E-state index is -0.669. The summed E-state index contributed by atoms with van der Waals surface area (Å²) in [6, 6.07) is 0.395. The molecule has 0 spiro atoms. The summed E-state index contributed by atoms with van der Waals surface area (Å²) in [5.74, 6) is -0.343. The van der Waals surface area contributed by atoms with Gasteiger partial charge in [0.25, 0.3) is 0 Å². The van der Waals surface area contributed by atoms with Crippen LogP contribution in [-0.4, -0.2) is 23.7 Å². The number of rotatable bonds is 3. The van der Waals surface area contributed by atoms with Crippen LogP contribution in [-0.2, 0) is 4.79 Å². The maximum atomic E-state index is 10.6. The summed E-state index contributed by atoms with van der Waals surface area (Å²) < 4.78 is 0. The number of aliphatic carboxylic acids is 1. The Labute approximate surface area is 85.9 Å². The number of hydrogen-bond acceptors (Lipinski definition) is 2. The Kier molecular flexibility index (Phi) is 3.53. The number of carboxylic acids is 1. The van der Waals surface area contributed by atoms with Crippen molar-refractivity contribution in [3.05, 3.63) is 0 Å². The van der Waals surface area contributed by atoms with Gasteiger partial charge in [0.15, 0.2) is 0 Å². The van der Waals surface area contributed by atoms with Crippen molar-refractivity contribution >= 4 is 5.97 Å². The van der Waals surface area contributed by atoms with Crippen LogP contribution in [0.4, 0.5) is 0 Å². The largest absolute Gasteiger partial charge is 0.481 e. The molecular formula is C11H21NO2. The predicted molar refractivity (Wildman–Crippen MR) is 56.2 cm³/mol. The second-order valence-electron chi connectivity index (χ2n) is 5.47. The zero-order valence-electron chi connectivity index (χ0n) is 9.34. The Hall–Kier alpha value is -0.570.